The SMILES string of the molecule is O=C(Oc1ccc(Br)cc1C(=O)C=Cc1cccs1)c1ccc(N([O-])O)cc1. The third kappa shape index (κ3) is 4.93. The fraction of sp³-hybridized carbons (Fsp3) is 0. The minimum Gasteiger partial charge on any atom is -0.733 e. The molecule has 0 saturated carbocycles. The van der Waals surface area contributed by atoms with E-state index >= 15 is 0 Å². The molecule has 0 aliphatic rings. The second-order valence-corrected chi connectivity index (χ2v) is 7.46. The molecule has 28 heavy (non-hydrogen) atoms. The molecule has 0 fully saturated rings. The van der Waals surface area contributed by atoms with Gasteiger partial charge in [0.05, 0.1) is 16.8 Å². The summed E-state index contributed by atoms with van der Waals surface area (Å²) < 4.78 is 6.05. The molecular weight excluding hydrogens is 446 g/mol. The summed E-state index contributed by atoms with van der Waals surface area (Å²) in [4.78, 5) is 25.9. The van der Waals surface area contributed by atoms with Crippen LogP contribution in [0.1, 0.15) is 25.6 Å². The third-order valence-corrected chi connectivity index (χ3v) is 5.01. The van der Waals surface area contributed by atoms with Gasteiger partial charge in [-0.3, -0.25) is 10.0 Å². The zero-order valence-corrected chi connectivity index (χ0v) is 16.6. The summed E-state index contributed by atoms with van der Waals surface area (Å²) in [6.07, 6.45) is 3.12. The Morgan fingerprint density at radius 2 is 1.89 bits per heavy atom. The molecule has 0 atom stereocenters. The standard InChI is InChI=1S/C20H13BrNO5S/c21-14-5-10-19(17(12-14)18(23)9-8-16-2-1-11-28-16)27-20(24)13-3-6-15(7-4-13)22(25)26/h1-12,25H/q-1. The molecule has 142 valence electrons. The number of ether oxygens (including phenoxy) is 1. The van der Waals surface area contributed by atoms with Gasteiger partial charge in [-0.05, 0) is 66.1 Å². The van der Waals surface area contributed by atoms with Crippen molar-refractivity contribution in [2.24, 2.45) is 0 Å². The Morgan fingerprint density at radius 3 is 2.54 bits per heavy atom. The van der Waals surface area contributed by atoms with Gasteiger partial charge >= 0.3 is 5.97 Å². The molecule has 3 rings (SSSR count). The van der Waals surface area contributed by atoms with Gasteiger partial charge in [0.2, 0.25) is 0 Å². The van der Waals surface area contributed by atoms with Crippen LogP contribution in [0.3, 0.4) is 0 Å². The number of allylic oxidation sites excluding steroid dienone is 1. The lowest BCUT2D eigenvalue weighted by atomic mass is 10.1. The summed E-state index contributed by atoms with van der Waals surface area (Å²) in [7, 11) is 0. The first-order valence-electron chi connectivity index (χ1n) is 7.98. The Labute approximate surface area is 173 Å². The molecule has 3 aromatic rings. The zero-order valence-electron chi connectivity index (χ0n) is 14.2. The Morgan fingerprint density at radius 1 is 1.14 bits per heavy atom. The molecule has 1 aromatic heterocycles. The van der Waals surface area contributed by atoms with Crippen molar-refractivity contribution < 1.29 is 19.5 Å². The highest BCUT2D eigenvalue weighted by Gasteiger charge is 2.16. The number of hydrogen-bond donors (Lipinski definition) is 1. The Kier molecular flexibility index (Phi) is 6.37. The van der Waals surface area contributed by atoms with E-state index in [0.29, 0.717) is 4.47 Å². The fourth-order valence-corrected chi connectivity index (χ4v) is 3.28. The number of benzene rings is 2. The largest absolute Gasteiger partial charge is 0.733 e. The average molecular weight is 459 g/mol. The molecule has 1 N–H and O–H groups in total. The van der Waals surface area contributed by atoms with E-state index in [1.807, 2.05) is 17.5 Å². The normalized spacial score (nSPS) is 10.8. The number of carbonyl (C=O) groups excluding carboxylic acids is 2. The number of hydrogen-bond acceptors (Lipinski definition) is 7. The van der Waals surface area contributed by atoms with Crippen molar-refractivity contribution in [2.75, 3.05) is 5.23 Å². The Hall–Kier alpha value is -2.78. The van der Waals surface area contributed by atoms with E-state index in [1.54, 1.807) is 18.2 Å². The maximum Gasteiger partial charge on any atom is 0.343 e. The van der Waals surface area contributed by atoms with Gasteiger partial charge in [0.1, 0.15) is 5.75 Å². The Balaban J connectivity index is 1.81. The van der Waals surface area contributed by atoms with E-state index in [9.17, 15) is 14.8 Å². The van der Waals surface area contributed by atoms with E-state index in [1.165, 1.54) is 47.7 Å². The zero-order chi connectivity index (χ0) is 20.1. The molecule has 0 saturated heterocycles. The van der Waals surface area contributed by atoms with Crippen LogP contribution in [-0.4, -0.2) is 17.0 Å². The summed E-state index contributed by atoms with van der Waals surface area (Å²) in [6, 6.07) is 13.8. The van der Waals surface area contributed by atoms with Crippen LogP contribution in [0.25, 0.3) is 6.08 Å². The topological polar surface area (TPSA) is 89.9 Å². The van der Waals surface area contributed by atoms with Gasteiger partial charge < -0.3 is 15.2 Å². The van der Waals surface area contributed by atoms with E-state index < -0.39 is 5.97 Å². The lowest BCUT2D eigenvalue weighted by Crippen LogP contribution is -2.12. The molecule has 2 aromatic carbocycles. The van der Waals surface area contributed by atoms with E-state index in [-0.39, 0.29) is 33.6 Å². The molecule has 6 nitrogen and oxygen atoms in total. The quantitative estimate of drug-likeness (QED) is 0.177. The minimum atomic E-state index is -0.694. The highest BCUT2D eigenvalue weighted by Crippen LogP contribution is 2.26. The van der Waals surface area contributed by atoms with Gasteiger partial charge in [-0.1, -0.05) is 22.0 Å². The van der Waals surface area contributed by atoms with E-state index in [4.69, 9.17) is 9.94 Å². The lowest BCUT2D eigenvalue weighted by molar-refractivity contribution is 0.0733. The summed E-state index contributed by atoms with van der Waals surface area (Å²) >= 11 is 4.82. The predicted molar refractivity (Wildman–Crippen MR) is 111 cm³/mol. The van der Waals surface area contributed by atoms with Crippen molar-refractivity contribution in [1.29, 1.82) is 0 Å². The summed E-state index contributed by atoms with van der Waals surface area (Å²) in [5, 5.41) is 21.3. The number of thiophene rings is 1. The average Bonchev–Trinajstić information content (AvgIpc) is 3.21. The first kappa shape index (κ1) is 20.0. The van der Waals surface area contributed by atoms with Crippen molar-refractivity contribution in [3.63, 3.8) is 0 Å². The summed E-state index contributed by atoms with van der Waals surface area (Å²) in [6.45, 7) is 0. The molecule has 0 radical (unpaired) electrons. The van der Waals surface area contributed by atoms with E-state index in [2.05, 4.69) is 15.9 Å². The number of nitrogens with zero attached hydrogens (tertiary/aromatic N) is 1. The van der Waals surface area contributed by atoms with Crippen LogP contribution >= 0.6 is 27.3 Å². The maximum absolute atomic E-state index is 12.6. The summed E-state index contributed by atoms with van der Waals surface area (Å²) in [5.74, 6) is -0.888. The molecule has 0 aliphatic heterocycles. The van der Waals surface area contributed by atoms with Crippen molar-refractivity contribution in [2.45, 2.75) is 0 Å². The second-order valence-electron chi connectivity index (χ2n) is 5.56. The fourth-order valence-electron chi connectivity index (χ4n) is 2.30. The van der Waals surface area contributed by atoms with Crippen molar-refractivity contribution in [3.05, 3.63) is 91.7 Å². The molecular formula is C20H13BrNO5S-. The maximum atomic E-state index is 12.6. The van der Waals surface area contributed by atoms with Crippen molar-refractivity contribution in [3.8, 4) is 5.75 Å². The number of rotatable bonds is 6. The van der Waals surface area contributed by atoms with Crippen LogP contribution in [0.15, 0.2) is 70.5 Å². The third-order valence-electron chi connectivity index (χ3n) is 3.68. The van der Waals surface area contributed by atoms with Gasteiger partial charge in [0.25, 0.3) is 0 Å². The highest BCUT2D eigenvalue weighted by atomic mass is 79.9. The van der Waals surface area contributed by atoms with E-state index in [0.717, 1.165) is 4.88 Å². The monoisotopic (exact) mass is 458 g/mol. The van der Waals surface area contributed by atoms with Crippen molar-refractivity contribution in [1.82, 2.24) is 0 Å². The number of esters is 1. The van der Waals surface area contributed by atoms with Crippen LogP contribution in [0, 0.1) is 5.21 Å². The second kappa shape index (κ2) is 8.94. The number of ketones is 1. The van der Waals surface area contributed by atoms with Crippen LogP contribution in [-0.2, 0) is 0 Å². The van der Waals surface area contributed by atoms with Crippen LogP contribution in [0.4, 0.5) is 5.69 Å². The van der Waals surface area contributed by atoms with Gasteiger partial charge in [-0.15, -0.1) is 11.3 Å². The minimum absolute atomic E-state index is 0.0187. The van der Waals surface area contributed by atoms with Gasteiger partial charge in [0.15, 0.2) is 5.78 Å². The van der Waals surface area contributed by atoms with Crippen LogP contribution < -0.4 is 9.96 Å². The summed E-state index contributed by atoms with van der Waals surface area (Å²) in [5.41, 5.74) is 0.379. The molecule has 0 aliphatic carbocycles. The predicted octanol–water partition coefficient (Wildman–Crippen LogP) is 5.32. The number of anilines is 1. The molecule has 0 unspecified atom stereocenters. The van der Waals surface area contributed by atoms with Gasteiger partial charge in [0, 0.05) is 9.35 Å². The van der Waals surface area contributed by atoms with Gasteiger partial charge in [-0.2, -0.15) is 0 Å². The molecule has 1 heterocycles. The molecule has 0 amide bonds. The lowest BCUT2D eigenvalue weighted by Gasteiger charge is -2.21. The molecule has 8 heteroatoms. The molecule has 0 spiro atoms. The highest BCUT2D eigenvalue weighted by molar-refractivity contribution is 9.10. The first-order chi connectivity index (χ1) is 13.4. The van der Waals surface area contributed by atoms with Crippen molar-refractivity contribution >= 4 is 50.8 Å². The number of halogens is 1. The smallest absolute Gasteiger partial charge is 0.343 e. The van der Waals surface area contributed by atoms with Crippen LogP contribution in [0.5, 0.6) is 5.75 Å². The Bertz CT molecular complexity index is 1010. The number of carbonyl (C=O) groups is 2. The van der Waals surface area contributed by atoms with Crippen LogP contribution in [0.2, 0.25) is 0 Å². The first-order valence-corrected chi connectivity index (χ1v) is 9.65. The van der Waals surface area contributed by atoms with Gasteiger partial charge in [-0.25, -0.2) is 4.79 Å². The molecule has 0 bridgehead atoms.